The Balaban J connectivity index is 1.61. The lowest BCUT2D eigenvalue weighted by atomic mass is 10.2. The fourth-order valence-electron chi connectivity index (χ4n) is 2.63. The second kappa shape index (κ2) is 10.9. The monoisotopic (exact) mass is 503 g/mol. The molecular formula is C21H19BrFN5O2S. The molecule has 0 spiro atoms. The number of carbonyl (C=O) groups is 2. The van der Waals surface area contributed by atoms with E-state index in [1.165, 1.54) is 36.0 Å². The standard InChI is InChI=1S/C21H19BrFN5O2S/c1-2-11-28-18(12-24-20(30)16-5-3-4-6-17(16)22)26-27-21(28)31-13-19(29)25-15-9-7-14(23)8-10-15/h2-10H,1,11-13H2,(H,24,30)(H,25,29). The summed E-state index contributed by atoms with van der Waals surface area (Å²) < 4.78 is 15.4. The maximum atomic E-state index is 13.0. The summed E-state index contributed by atoms with van der Waals surface area (Å²) >= 11 is 4.57. The van der Waals surface area contributed by atoms with Crippen molar-refractivity contribution in [2.24, 2.45) is 0 Å². The third-order valence-corrected chi connectivity index (χ3v) is 5.75. The summed E-state index contributed by atoms with van der Waals surface area (Å²) in [5.74, 6) is -0.233. The molecular weight excluding hydrogens is 485 g/mol. The Hall–Kier alpha value is -2.98. The molecule has 7 nitrogen and oxygen atoms in total. The van der Waals surface area contributed by atoms with Crippen LogP contribution in [-0.2, 0) is 17.9 Å². The molecule has 1 aromatic heterocycles. The van der Waals surface area contributed by atoms with Crippen LogP contribution in [0.3, 0.4) is 0 Å². The number of aromatic nitrogens is 3. The van der Waals surface area contributed by atoms with Crippen molar-refractivity contribution in [1.29, 1.82) is 0 Å². The van der Waals surface area contributed by atoms with Gasteiger partial charge in [-0.05, 0) is 52.3 Å². The minimum absolute atomic E-state index is 0.0932. The minimum Gasteiger partial charge on any atom is -0.345 e. The van der Waals surface area contributed by atoms with Gasteiger partial charge in [-0.15, -0.1) is 16.8 Å². The van der Waals surface area contributed by atoms with Crippen LogP contribution in [0.5, 0.6) is 0 Å². The van der Waals surface area contributed by atoms with E-state index in [-0.39, 0.29) is 29.9 Å². The molecule has 0 unspecified atom stereocenters. The largest absolute Gasteiger partial charge is 0.345 e. The van der Waals surface area contributed by atoms with Gasteiger partial charge >= 0.3 is 0 Å². The zero-order chi connectivity index (χ0) is 22.2. The van der Waals surface area contributed by atoms with Crippen LogP contribution in [0.1, 0.15) is 16.2 Å². The number of anilines is 1. The molecule has 0 radical (unpaired) electrons. The number of nitrogens with one attached hydrogen (secondary N) is 2. The van der Waals surface area contributed by atoms with E-state index in [0.717, 1.165) is 0 Å². The predicted octanol–water partition coefficient (Wildman–Crippen LogP) is 4.03. The number of halogens is 2. The Morgan fingerprint density at radius 1 is 1.16 bits per heavy atom. The SMILES string of the molecule is C=CCn1c(CNC(=O)c2ccccc2Br)nnc1SCC(=O)Nc1ccc(F)cc1. The van der Waals surface area contributed by atoms with Crippen molar-refractivity contribution in [3.8, 4) is 0 Å². The highest BCUT2D eigenvalue weighted by Gasteiger charge is 2.15. The zero-order valence-electron chi connectivity index (χ0n) is 16.3. The molecule has 2 aromatic carbocycles. The van der Waals surface area contributed by atoms with Crippen LogP contribution in [0.2, 0.25) is 0 Å². The van der Waals surface area contributed by atoms with Crippen LogP contribution >= 0.6 is 27.7 Å². The third kappa shape index (κ3) is 6.25. The number of rotatable bonds is 9. The second-order valence-corrected chi connectivity index (χ2v) is 8.10. The van der Waals surface area contributed by atoms with Gasteiger partial charge in [0.05, 0.1) is 17.9 Å². The van der Waals surface area contributed by atoms with Crippen molar-refractivity contribution in [2.45, 2.75) is 18.2 Å². The molecule has 0 aliphatic carbocycles. The highest BCUT2D eigenvalue weighted by Crippen LogP contribution is 2.19. The average Bonchev–Trinajstić information content (AvgIpc) is 3.14. The van der Waals surface area contributed by atoms with Gasteiger partial charge in [-0.3, -0.25) is 9.59 Å². The quantitative estimate of drug-likeness (QED) is 0.340. The fourth-order valence-corrected chi connectivity index (χ4v) is 3.86. The van der Waals surface area contributed by atoms with Crippen molar-refractivity contribution in [3.63, 3.8) is 0 Å². The van der Waals surface area contributed by atoms with Gasteiger partial charge in [-0.2, -0.15) is 0 Å². The summed E-state index contributed by atoms with van der Waals surface area (Å²) in [7, 11) is 0. The smallest absolute Gasteiger partial charge is 0.252 e. The van der Waals surface area contributed by atoms with Crippen LogP contribution in [0.25, 0.3) is 0 Å². The van der Waals surface area contributed by atoms with Gasteiger partial charge in [0.25, 0.3) is 5.91 Å². The van der Waals surface area contributed by atoms with Crippen LogP contribution in [0.15, 0.2) is 70.8 Å². The number of benzene rings is 2. The van der Waals surface area contributed by atoms with E-state index < -0.39 is 0 Å². The lowest BCUT2D eigenvalue weighted by Gasteiger charge is -2.09. The van der Waals surface area contributed by atoms with E-state index in [1.54, 1.807) is 28.8 Å². The van der Waals surface area contributed by atoms with Gasteiger partial charge in [0.15, 0.2) is 11.0 Å². The van der Waals surface area contributed by atoms with E-state index in [0.29, 0.717) is 33.2 Å². The molecule has 0 aliphatic rings. The molecule has 31 heavy (non-hydrogen) atoms. The normalized spacial score (nSPS) is 10.5. The first kappa shape index (κ1) is 22.7. The Bertz CT molecular complexity index is 1090. The summed E-state index contributed by atoms with van der Waals surface area (Å²) in [5, 5.41) is 14.3. The van der Waals surface area contributed by atoms with Gasteiger partial charge in [0, 0.05) is 16.7 Å². The van der Waals surface area contributed by atoms with E-state index in [4.69, 9.17) is 0 Å². The van der Waals surface area contributed by atoms with Crippen molar-refractivity contribution in [3.05, 3.63) is 82.9 Å². The Morgan fingerprint density at radius 2 is 1.90 bits per heavy atom. The summed E-state index contributed by atoms with van der Waals surface area (Å²) in [6.07, 6.45) is 1.69. The number of carbonyl (C=O) groups excluding carboxylic acids is 2. The maximum absolute atomic E-state index is 13.0. The minimum atomic E-state index is -0.371. The maximum Gasteiger partial charge on any atom is 0.252 e. The molecule has 0 atom stereocenters. The summed E-state index contributed by atoms with van der Waals surface area (Å²) in [4.78, 5) is 24.6. The number of hydrogen-bond acceptors (Lipinski definition) is 5. The molecule has 0 saturated heterocycles. The summed E-state index contributed by atoms with van der Waals surface area (Å²) in [5.41, 5.74) is 1.03. The van der Waals surface area contributed by atoms with Crippen LogP contribution < -0.4 is 10.6 Å². The Morgan fingerprint density at radius 3 is 2.61 bits per heavy atom. The fraction of sp³-hybridized carbons (Fsp3) is 0.143. The van der Waals surface area contributed by atoms with Crippen LogP contribution in [0, 0.1) is 5.82 Å². The Kier molecular flexibility index (Phi) is 7.96. The van der Waals surface area contributed by atoms with Crippen molar-refractivity contribution in [2.75, 3.05) is 11.1 Å². The molecule has 3 rings (SSSR count). The van der Waals surface area contributed by atoms with Crippen molar-refractivity contribution in [1.82, 2.24) is 20.1 Å². The van der Waals surface area contributed by atoms with Gasteiger partial charge in [-0.25, -0.2) is 4.39 Å². The topological polar surface area (TPSA) is 88.9 Å². The van der Waals surface area contributed by atoms with Gasteiger partial charge in [0.1, 0.15) is 5.82 Å². The highest BCUT2D eigenvalue weighted by molar-refractivity contribution is 9.10. The second-order valence-electron chi connectivity index (χ2n) is 6.30. The molecule has 0 fully saturated rings. The van der Waals surface area contributed by atoms with Crippen LogP contribution in [0.4, 0.5) is 10.1 Å². The number of allylic oxidation sites excluding steroid dienone is 1. The molecule has 0 saturated carbocycles. The summed E-state index contributed by atoms with van der Waals surface area (Å²) in [6, 6.07) is 12.7. The average molecular weight is 504 g/mol. The van der Waals surface area contributed by atoms with Crippen LogP contribution in [-0.4, -0.2) is 32.3 Å². The number of nitrogens with zero attached hydrogens (tertiary/aromatic N) is 3. The van der Waals surface area contributed by atoms with E-state index in [2.05, 4.69) is 43.3 Å². The van der Waals surface area contributed by atoms with E-state index >= 15 is 0 Å². The third-order valence-electron chi connectivity index (χ3n) is 4.09. The lowest BCUT2D eigenvalue weighted by molar-refractivity contribution is -0.113. The van der Waals surface area contributed by atoms with Crippen molar-refractivity contribution >= 4 is 45.2 Å². The molecule has 0 aliphatic heterocycles. The molecule has 160 valence electrons. The first-order valence-electron chi connectivity index (χ1n) is 9.22. The molecule has 10 heteroatoms. The summed E-state index contributed by atoms with van der Waals surface area (Å²) in [6.45, 7) is 4.34. The van der Waals surface area contributed by atoms with Crippen molar-refractivity contribution < 1.29 is 14.0 Å². The van der Waals surface area contributed by atoms with E-state index in [9.17, 15) is 14.0 Å². The van der Waals surface area contributed by atoms with Gasteiger partial charge in [-0.1, -0.05) is 30.0 Å². The predicted molar refractivity (Wildman–Crippen MR) is 121 cm³/mol. The molecule has 1 heterocycles. The lowest BCUT2D eigenvalue weighted by Crippen LogP contribution is -2.25. The first-order chi connectivity index (χ1) is 15.0. The number of thioether (sulfide) groups is 1. The molecule has 0 bridgehead atoms. The van der Waals surface area contributed by atoms with Gasteiger partial charge in [0.2, 0.25) is 5.91 Å². The molecule has 2 N–H and O–H groups in total. The van der Waals surface area contributed by atoms with E-state index in [1.807, 2.05) is 6.07 Å². The number of amides is 2. The highest BCUT2D eigenvalue weighted by atomic mass is 79.9. The number of hydrogen-bond donors (Lipinski definition) is 2. The Labute approximate surface area is 191 Å². The molecule has 3 aromatic rings. The van der Waals surface area contributed by atoms with Gasteiger partial charge < -0.3 is 15.2 Å². The first-order valence-corrected chi connectivity index (χ1v) is 11.0. The molecule has 2 amide bonds. The zero-order valence-corrected chi connectivity index (χ0v) is 18.7.